The number of anilines is 1. The summed E-state index contributed by atoms with van der Waals surface area (Å²) >= 11 is 1.67. The lowest BCUT2D eigenvalue weighted by Gasteiger charge is -2.18. The molecule has 2 aromatic rings. The SMILES string of the molecule is Cc1ccc(-c2csc3c2C(NN)N=CN3)cc1. The van der Waals surface area contributed by atoms with E-state index in [-0.39, 0.29) is 6.17 Å². The number of thiophene rings is 1. The zero-order chi connectivity index (χ0) is 12.5. The maximum Gasteiger partial charge on any atom is 0.142 e. The summed E-state index contributed by atoms with van der Waals surface area (Å²) in [7, 11) is 0. The molecule has 4 N–H and O–H groups in total. The van der Waals surface area contributed by atoms with Crippen molar-refractivity contribution in [1.29, 1.82) is 0 Å². The molecule has 1 aliphatic heterocycles. The molecule has 0 saturated heterocycles. The molecule has 1 aromatic carbocycles. The number of nitrogens with zero attached hydrogens (tertiary/aromatic N) is 1. The summed E-state index contributed by atoms with van der Waals surface area (Å²) in [5, 5.41) is 6.40. The van der Waals surface area contributed by atoms with Crippen molar-refractivity contribution in [2.24, 2.45) is 10.8 Å². The molecule has 1 aromatic heterocycles. The lowest BCUT2D eigenvalue weighted by atomic mass is 10.0. The Morgan fingerprint density at radius 2 is 2.11 bits per heavy atom. The van der Waals surface area contributed by atoms with Crippen molar-refractivity contribution in [3.8, 4) is 11.1 Å². The minimum absolute atomic E-state index is 0.177. The van der Waals surface area contributed by atoms with Gasteiger partial charge in [0.1, 0.15) is 11.2 Å². The molecule has 0 spiro atoms. The van der Waals surface area contributed by atoms with Gasteiger partial charge in [0.15, 0.2) is 0 Å². The van der Waals surface area contributed by atoms with Gasteiger partial charge < -0.3 is 5.32 Å². The van der Waals surface area contributed by atoms with E-state index >= 15 is 0 Å². The fraction of sp³-hybridized carbons (Fsp3) is 0.154. The fourth-order valence-corrected chi connectivity index (χ4v) is 3.05. The molecule has 1 unspecified atom stereocenters. The molecule has 0 saturated carbocycles. The van der Waals surface area contributed by atoms with E-state index in [2.05, 4.69) is 52.3 Å². The molecule has 18 heavy (non-hydrogen) atoms. The van der Waals surface area contributed by atoms with Crippen LogP contribution >= 0.6 is 11.3 Å². The van der Waals surface area contributed by atoms with Crippen molar-refractivity contribution < 1.29 is 0 Å². The average molecular weight is 258 g/mol. The van der Waals surface area contributed by atoms with Gasteiger partial charge in [-0.2, -0.15) is 0 Å². The molecule has 5 heteroatoms. The van der Waals surface area contributed by atoms with Gasteiger partial charge in [-0.15, -0.1) is 11.3 Å². The number of benzene rings is 1. The predicted molar refractivity (Wildman–Crippen MR) is 76.7 cm³/mol. The Kier molecular flexibility index (Phi) is 2.87. The minimum Gasteiger partial charge on any atom is -0.338 e. The predicted octanol–water partition coefficient (Wildman–Crippen LogP) is 2.64. The van der Waals surface area contributed by atoms with Crippen molar-refractivity contribution in [1.82, 2.24) is 5.43 Å². The van der Waals surface area contributed by atoms with Crippen LogP contribution in [0, 0.1) is 6.92 Å². The molecule has 3 rings (SSSR count). The summed E-state index contributed by atoms with van der Waals surface area (Å²) in [6, 6.07) is 8.49. The summed E-state index contributed by atoms with van der Waals surface area (Å²) < 4.78 is 0. The van der Waals surface area contributed by atoms with Crippen LogP contribution in [0.2, 0.25) is 0 Å². The molecule has 1 aliphatic rings. The molecule has 0 aliphatic carbocycles. The van der Waals surface area contributed by atoms with Crippen LogP contribution < -0.4 is 16.6 Å². The Morgan fingerprint density at radius 1 is 1.33 bits per heavy atom. The van der Waals surface area contributed by atoms with Crippen molar-refractivity contribution >= 4 is 22.7 Å². The highest BCUT2D eigenvalue weighted by Crippen LogP contribution is 2.40. The van der Waals surface area contributed by atoms with E-state index in [9.17, 15) is 0 Å². The minimum atomic E-state index is -0.177. The number of fused-ring (bicyclic) bond motifs is 1. The smallest absolute Gasteiger partial charge is 0.142 e. The van der Waals surface area contributed by atoms with Crippen molar-refractivity contribution in [3.63, 3.8) is 0 Å². The third-order valence-corrected chi connectivity index (χ3v) is 3.97. The van der Waals surface area contributed by atoms with Gasteiger partial charge in [-0.25, -0.2) is 5.43 Å². The van der Waals surface area contributed by atoms with E-state index in [0.717, 1.165) is 10.6 Å². The van der Waals surface area contributed by atoms with Gasteiger partial charge in [0.25, 0.3) is 0 Å². The van der Waals surface area contributed by atoms with Gasteiger partial charge in [-0.1, -0.05) is 29.8 Å². The molecule has 0 fully saturated rings. The monoisotopic (exact) mass is 258 g/mol. The second kappa shape index (κ2) is 4.53. The third-order valence-electron chi connectivity index (χ3n) is 3.04. The number of hydrogen-bond acceptors (Lipinski definition) is 5. The van der Waals surface area contributed by atoms with Crippen molar-refractivity contribution in [3.05, 3.63) is 40.8 Å². The topological polar surface area (TPSA) is 62.4 Å². The first-order valence-corrected chi connectivity index (χ1v) is 6.60. The summed E-state index contributed by atoms with van der Waals surface area (Å²) in [6.07, 6.45) is 1.51. The summed E-state index contributed by atoms with van der Waals surface area (Å²) in [6.45, 7) is 2.09. The van der Waals surface area contributed by atoms with Crippen LogP contribution in [0.25, 0.3) is 11.1 Å². The molecule has 1 atom stereocenters. The van der Waals surface area contributed by atoms with Crippen LogP contribution in [0.3, 0.4) is 0 Å². The van der Waals surface area contributed by atoms with Gasteiger partial charge in [0.05, 0.1) is 6.34 Å². The first kappa shape index (κ1) is 11.4. The zero-order valence-corrected chi connectivity index (χ0v) is 10.8. The highest BCUT2D eigenvalue weighted by atomic mass is 32.1. The number of rotatable bonds is 2. The zero-order valence-electron chi connectivity index (χ0n) is 9.97. The molecule has 0 radical (unpaired) electrons. The number of hydrazine groups is 1. The van der Waals surface area contributed by atoms with E-state index < -0.39 is 0 Å². The largest absolute Gasteiger partial charge is 0.338 e. The first-order chi connectivity index (χ1) is 8.79. The van der Waals surface area contributed by atoms with Crippen molar-refractivity contribution in [2.75, 3.05) is 5.32 Å². The Morgan fingerprint density at radius 3 is 2.83 bits per heavy atom. The Bertz CT molecular complexity index is 586. The molecule has 0 bridgehead atoms. The Balaban J connectivity index is 2.09. The molecular weight excluding hydrogens is 244 g/mol. The Labute approximate surface area is 110 Å². The van der Waals surface area contributed by atoms with E-state index in [1.54, 1.807) is 17.7 Å². The quantitative estimate of drug-likeness (QED) is 0.573. The lowest BCUT2D eigenvalue weighted by Crippen LogP contribution is -2.29. The van der Waals surface area contributed by atoms with Gasteiger partial charge in [-0.05, 0) is 12.5 Å². The van der Waals surface area contributed by atoms with Gasteiger partial charge in [0, 0.05) is 16.5 Å². The normalized spacial score (nSPS) is 17.3. The second-order valence-electron chi connectivity index (χ2n) is 4.25. The van der Waals surface area contributed by atoms with Gasteiger partial charge in [-0.3, -0.25) is 10.8 Å². The fourth-order valence-electron chi connectivity index (χ4n) is 2.08. The maximum atomic E-state index is 5.56. The van der Waals surface area contributed by atoms with Crippen LogP contribution in [0.15, 0.2) is 34.6 Å². The highest BCUT2D eigenvalue weighted by molar-refractivity contribution is 7.15. The molecular formula is C13H14N4S. The number of hydrogen-bond donors (Lipinski definition) is 3. The van der Waals surface area contributed by atoms with Gasteiger partial charge in [0.2, 0.25) is 0 Å². The van der Waals surface area contributed by atoms with Crippen LogP contribution in [-0.2, 0) is 0 Å². The number of aryl methyl sites for hydroxylation is 1. The van der Waals surface area contributed by atoms with E-state index in [4.69, 9.17) is 5.84 Å². The van der Waals surface area contributed by atoms with E-state index in [0.29, 0.717) is 0 Å². The van der Waals surface area contributed by atoms with Crippen LogP contribution in [0.1, 0.15) is 17.3 Å². The average Bonchev–Trinajstić information content (AvgIpc) is 2.83. The number of aliphatic imine (C=N–C) groups is 1. The lowest BCUT2D eigenvalue weighted by molar-refractivity contribution is 0.582. The van der Waals surface area contributed by atoms with Crippen molar-refractivity contribution in [2.45, 2.75) is 13.1 Å². The maximum absolute atomic E-state index is 5.56. The molecule has 92 valence electrons. The standard InChI is InChI=1S/C13H14N4S/c1-8-2-4-9(5-3-8)10-6-18-13-11(10)12(17-14)15-7-16-13/h2-7,12,17H,14H2,1H3,(H,15,16). The number of nitrogens with two attached hydrogens (primary N) is 1. The second-order valence-corrected chi connectivity index (χ2v) is 5.13. The summed E-state index contributed by atoms with van der Waals surface area (Å²) in [5.74, 6) is 5.56. The van der Waals surface area contributed by atoms with E-state index in [1.165, 1.54) is 16.7 Å². The van der Waals surface area contributed by atoms with Gasteiger partial charge >= 0.3 is 0 Å². The van der Waals surface area contributed by atoms with Crippen LogP contribution in [0.4, 0.5) is 5.00 Å². The molecule has 2 heterocycles. The van der Waals surface area contributed by atoms with Crippen LogP contribution in [0.5, 0.6) is 0 Å². The summed E-state index contributed by atoms with van der Waals surface area (Å²) in [5.41, 5.74) is 7.49. The highest BCUT2D eigenvalue weighted by Gasteiger charge is 2.22. The molecule has 0 amide bonds. The third kappa shape index (κ3) is 1.82. The van der Waals surface area contributed by atoms with Crippen LogP contribution in [-0.4, -0.2) is 6.34 Å². The first-order valence-electron chi connectivity index (χ1n) is 5.72. The number of nitrogens with one attached hydrogen (secondary N) is 2. The molecule has 4 nitrogen and oxygen atoms in total. The van der Waals surface area contributed by atoms with E-state index in [1.807, 2.05) is 0 Å². The Hall–Kier alpha value is -1.69. The summed E-state index contributed by atoms with van der Waals surface area (Å²) in [4.78, 5) is 4.30.